The molecule has 0 spiro atoms. The molecule has 1 aromatic heterocycles. The molecule has 0 bridgehead atoms. The molecule has 1 amide bonds. The van der Waals surface area contributed by atoms with Crippen LogP contribution in [0.4, 0.5) is 18.0 Å². The van der Waals surface area contributed by atoms with Gasteiger partial charge >= 0.3 is 12.2 Å². The molecule has 7 nitrogen and oxygen atoms in total. The van der Waals surface area contributed by atoms with E-state index in [1.54, 1.807) is 7.05 Å². The summed E-state index contributed by atoms with van der Waals surface area (Å²) < 4.78 is 58.7. The third kappa shape index (κ3) is 5.44. The lowest BCUT2D eigenvalue weighted by molar-refractivity contribution is -0.137. The van der Waals surface area contributed by atoms with Gasteiger partial charge in [0.25, 0.3) is 0 Å². The second kappa shape index (κ2) is 7.00. The number of hydrogen-bond acceptors (Lipinski definition) is 5. The Hall–Kier alpha value is -1.46. The van der Waals surface area contributed by atoms with Crippen LogP contribution in [-0.2, 0) is 17.3 Å². The van der Waals surface area contributed by atoms with E-state index in [2.05, 4.69) is 5.10 Å². The quantitative estimate of drug-likeness (QED) is 0.739. The van der Waals surface area contributed by atoms with Crippen molar-refractivity contribution in [2.45, 2.75) is 6.18 Å². The van der Waals surface area contributed by atoms with Crippen molar-refractivity contribution in [2.75, 3.05) is 33.1 Å². The first kappa shape index (κ1) is 17.6. The Morgan fingerprint density at radius 3 is 2.52 bits per heavy atom. The van der Waals surface area contributed by atoms with Crippen molar-refractivity contribution in [3.8, 4) is 0 Å². The van der Waals surface area contributed by atoms with Crippen LogP contribution in [0.5, 0.6) is 0 Å². The lowest BCUT2D eigenvalue weighted by Gasteiger charge is -2.22. The summed E-state index contributed by atoms with van der Waals surface area (Å²) in [5.74, 6) is -0.192. The molecule has 1 aromatic rings. The normalized spacial score (nSPS) is 13.5. The SMILES string of the molecule is CN(CCN(C)C(=O)n1cc(C(F)(F)F)cn1)CS(=O)[O-]. The fraction of sp³-hybridized carbons (Fsp3) is 0.600. The Morgan fingerprint density at radius 1 is 1.43 bits per heavy atom. The molecule has 0 aliphatic heterocycles. The molecule has 0 aliphatic carbocycles. The third-order valence-corrected chi connectivity index (χ3v) is 3.23. The molecule has 1 unspecified atom stereocenters. The second-order valence-electron chi connectivity index (χ2n) is 4.39. The average molecular weight is 327 g/mol. The maximum Gasteiger partial charge on any atom is 0.419 e. The van der Waals surface area contributed by atoms with Gasteiger partial charge in [0.1, 0.15) is 0 Å². The molecule has 0 aromatic carbocycles. The van der Waals surface area contributed by atoms with Crippen molar-refractivity contribution in [3.63, 3.8) is 0 Å². The standard InChI is InChI=1S/C10H15F3N4O3S/c1-15(7-21(19)20)3-4-16(2)9(18)17-6-8(5-14-17)10(11,12)13/h5-6H,3-4,7H2,1-2H3,(H,19,20)/p-1. The lowest BCUT2D eigenvalue weighted by atomic mass is 10.4. The highest BCUT2D eigenvalue weighted by Gasteiger charge is 2.33. The largest absolute Gasteiger partial charge is 0.771 e. The first-order valence-corrected chi connectivity index (χ1v) is 6.97. The molecule has 1 heterocycles. The summed E-state index contributed by atoms with van der Waals surface area (Å²) in [7, 11) is 2.93. The van der Waals surface area contributed by atoms with Gasteiger partial charge in [-0.05, 0) is 18.1 Å². The van der Waals surface area contributed by atoms with Gasteiger partial charge in [-0.2, -0.15) is 23.0 Å². The summed E-state index contributed by atoms with van der Waals surface area (Å²) in [5.41, 5.74) is -1.01. The summed E-state index contributed by atoms with van der Waals surface area (Å²) in [5, 5.41) is 3.37. The van der Waals surface area contributed by atoms with Crippen LogP contribution < -0.4 is 0 Å². The fourth-order valence-electron chi connectivity index (χ4n) is 1.41. The Morgan fingerprint density at radius 2 is 2.05 bits per heavy atom. The minimum Gasteiger partial charge on any atom is -0.771 e. The number of rotatable bonds is 5. The van der Waals surface area contributed by atoms with Crippen molar-refractivity contribution in [3.05, 3.63) is 18.0 Å². The number of carbonyl (C=O) groups excluding carboxylic acids is 1. The Kier molecular flexibility index (Phi) is 5.87. The van der Waals surface area contributed by atoms with Crippen LogP contribution in [-0.4, -0.2) is 67.4 Å². The van der Waals surface area contributed by atoms with E-state index < -0.39 is 28.9 Å². The molecule has 0 aliphatic rings. The minimum absolute atomic E-state index is 0.147. The van der Waals surface area contributed by atoms with Gasteiger partial charge in [0.15, 0.2) is 0 Å². The van der Waals surface area contributed by atoms with Crippen LogP contribution in [0.2, 0.25) is 0 Å². The Labute approximate surface area is 121 Å². The summed E-state index contributed by atoms with van der Waals surface area (Å²) in [6.45, 7) is 0.400. The molecule has 0 N–H and O–H groups in total. The van der Waals surface area contributed by atoms with E-state index in [1.165, 1.54) is 11.9 Å². The zero-order valence-corrected chi connectivity index (χ0v) is 12.1. The second-order valence-corrected chi connectivity index (χ2v) is 5.25. The zero-order valence-electron chi connectivity index (χ0n) is 11.3. The maximum atomic E-state index is 12.4. The number of carbonyl (C=O) groups is 1. The van der Waals surface area contributed by atoms with Crippen molar-refractivity contribution in [1.29, 1.82) is 0 Å². The van der Waals surface area contributed by atoms with E-state index in [9.17, 15) is 26.7 Å². The highest BCUT2D eigenvalue weighted by molar-refractivity contribution is 7.79. The molecule has 0 saturated heterocycles. The maximum absolute atomic E-state index is 12.4. The zero-order chi connectivity index (χ0) is 16.2. The number of amides is 1. The number of alkyl halides is 3. The molecule has 120 valence electrons. The molecule has 0 fully saturated rings. The molecule has 21 heavy (non-hydrogen) atoms. The first-order chi connectivity index (χ1) is 9.61. The van der Waals surface area contributed by atoms with Gasteiger partial charge in [-0.3, -0.25) is 9.11 Å². The number of hydrogen-bond donors (Lipinski definition) is 0. The van der Waals surface area contributed by atoms with Gasteiger partial charge in [-0.25, -0.2) is 4.79 Å². The number of halogens is 3. The summed E-state index contributed by atoms with van der Waals surface area (Å²) in [6, 6.07) is -0.734. The third-order valence-electron chi connectivity index (χ3n) is 2.58. The predicted octanol–water partition coefficient (Wildman–Crippen LogP) is 0.570. The minimum atomic E-state index is -4.56. The smallest absolute Gasteiger partial charge is 0.419 e. The summed E-state index contributed by atoms with van der Waals surface area (Å²) in [4.78, 5) is 14.4. The van der Waals surface area contributed by atoms with E-state index in [-0.39, 0.29) is 19.0 Å². The van der Waals surface area contributed by atoms with Crippen molar-refractivity contribution < 1.29 is 26.7 Å². The van der Waals surface area contributed by atoms with E-state index in [0.29, 0.717) is 17.1 Å². The molecule has 11 heteroatoms. The molecular weight excluding hydrogens is 313 g/mol. The van der Waals surface area contributed by atoms with Crippen molar-refractivity contribution >= 4 is 17.1 Å². The van der Waals surface area contributed by atoms with Crippen LogP contribution in [0.25, 0.3) is 0 Å². The van der Waals surface area contributed by atoms with Gasteiger partial charge in [0.05, 0.1) is 17.6 Å². The monoisotopic (exact) mass is 327 g/mol. The predicted molar refractivity (Wildman–Crippen MR) is 67.1 cm³/mol. The van der Waals surface area contributed by atoms with Crippen LogP contribution in [0.1, 0.15) is 5.56 Å². The average Bonchev–Trinajstić information content (AvgIpc) is 2.83. The summed E-state index contributed by atoms with van der Waals surface area (Å²) in [6.07, 6.45) is -3.39. The van der Waals surface area contributed by atoms with E-state index in [0.717, 1.165) is 4.90 Å². The van der Waals surface area contributed by atoms with Crippen molar-refractivity contribution in [2.24, 2.45) is 0 Å². The highest BCUT2D eigenvalue weighted by atomic mass is 32.2. The fourth-order valence-corrected chi connectivity index (χ4v) is 1.90. The number of aromatic nitrogens is 2. The number of nitrogens with zero attached hydrogens (tertiary/aromatic N) is 4. The molecule has 1 atom stereocenters. The van der Waals surface area contributed by atoms with Crippen LogP contribution >= 0.6 is 0 Å². The summed E-state index contributed by atoms with van der Waals surface area (Å²) >= 11 is -2.23. The van der Waals surface area contributed by atoms with E-state index >= 15 is 0 Å². The molecule has 0 saturated carbocycles. The van der Waals surface area contributed by atoms with Gasteiger partial charge in [0.2, 0.25) is 0 Å². The Bertz CT molecular complexity index is 520. The molecular formula is C10H14F3N4O3S-. The molecule has 0 radical (unpaired) electrons. The Balaban J connectivity index is 2.58. The highest BCUT2D eigenvalue weighted by Crippen LogP contribution is 2.28. The van der Waals surface area contributed by atoms with E-state index in [4.69, 9.17) is 0 Å². The number of likely N-dealkylation sites (N-methyl/N-ethyl adjacent to an activating group) is 2. The van der Waals surface area contributed by atoms with Crippen LogP contribution in [0.15, 0.2) is 12.4 Å². The van der Waals surface area contributed by atoms with E-state index in [1.807, 2.05) is 0 Å². The van der Waals surface area contributed by atoms with Crippen LogP contribution in [0, 0.1) is 0 Å². The lowest BCUT2D eigenvalue weighted by Crippen LogP contribution is -2.38. The van der Waals surface area contributed by atoms with Crippen molar-refractivity contribution in [1.82, 2.24) is 19.6 Å². The van der Waals surface area contributed by atoms with Gasteiger partial charge in [0, 0.05) is 26.3 Å². The van der Waals surface area contributed by atoms with Crippen LogP contribution in [0.3, 0.4) is 0 Å². The molecule has 1 rings (SSSR count). The first-order valence-electron chi connectivity index (χ1n) is 5.73. The topological polar surface area (TPSA) is 81.5 Å². The van der Waals surface area contributed by atoms with Gasteiger partial charge in [-0.1, -0.05) is 0 Å². The van der Waals surface area contributed by atoms with Gasteiger partial charge in [-0.15, -0.1) is 0 Å². The van der Waals surface area contributed by atoms with Gasteiger partial charge < -0.3 is 9.45 Å².